The molecule has 2 heterocycles. The summed E-state index contributed by atoms with van der Waals surface area (Å²) in [6.45, 7) is 0.684. The number of fused-ring (bicyclic) bond motifs is 2. The summed E-state index contributed by atoms with van der Waals surface area (Å²) >= 11 is 0. The second-order valence-electron chi connectivity index (χ2n) is 7.33. The van der Waals surface area contributed by atoms with Gasteiger partial charge in [-0.1, -0.05) is 48.5 Å². The lowest BCUT2D eigenvalue weighted by atomic mass is 10.1. The Hall–Kier alpha value is -3.73. The molecule has 1 aliphatic rings. The second kappa shape index (κ2) is 7.95. The molecule has 150 valence electrons. The van der Waals surface area contributed by atoms with Crippen molar-refractivity contribution < 1.29 is 18.7 Å². The predicted octanol–water partition coefficient (Wildman–Crippen LogP) is 4.75. The number of benzene rings is 3. The molecule has 30 heavy (non-hydrogen) atoms. The number of amides is 1. The van der Waals surface area contributed by atoms with Crippen LogP contribution in [0.15, 0.2) is 83.3 Å². The SMILES string of the molecule is O=C(NCC1Cc2ccccc2O1)c1ccc(COc2ccc3ccccc3c2)o1. The zero-order valence-corrected chi connectivity index (χ0v) is 16.3. The average Bonchev–Trinajstić information content (AvgIpc) is 3.42. The molecule has 0 saturated heterocycles. The molecule has 0 aliphatic carbocycles. The van der Waals surface area contributed by atoms with Crippen LogP contribution in [-0.2, 0) is 13.0 Å². The van der Waals surface area contributed by atoms with Crippen molar-refractivity contribution in [3.8, 4) is 11.5 Å². The third kappa shape index (κ3) is 3.87. The molecular weight excluding hydrogens is 378 g/mol. The van der Waals surface area contributed by atoms with Gasteiger partial charge in [-0.05, 0) is 46.7 Å². The van der Waals surface area contributed by atoms with E-state index in [0.29, 0.717) is 12.3 Å². The highest BCUT2D eigenvalue weighted by atomic mass is 16.5. The highest BCUT2D eigenvalue weighted by molar-refractivity contribution is 5.91. The number of carbonyl (C=O) groups is 1. The van der Waals surface area contributed by atoms with Gasteiger partial charge in [-0.2, -0.15) is 0 Å². The number of para-hydroxylation sites is 1. The number of hydrogen-bond acceptors (Lipinski definition) is 4. The van der Waals surface area contributed by atoms with Crippen molar-refractivity contribution >= 4 is 16.7 Å². The fraction of sp³-hybridized carbons (Fsp3) is 0.160. The topological polar surface area (TPSA) is 60.7 Å². The molecule has 0 fully saturated rings. The fourth-order valence-electron chi connectivity index (χ4n) is 3.65. The van der Waals surface area contributed by atoms with Gasteiger partial charge in [0.25, 0.3) is 5.91 Å². The fourth-order valence-corrected chi connectivity index (χ4v) is 3.65. The van der Waals surface area contributed by atoms with Gasteiger partial charge in [0.15, 0.2) is 5.76 Å². The van der Waals surface area contributed by atoms with Gasteiger partial charge in [0.2, 0.25) is 0 Å². The molecule has 1 atom stereocenters. The van der Waals surface area contributed by atoms with E-state index < -0.39 is 0 Å². The van der Waals surface area contributed by atoms with Crippen LogP contribution in [0.4, 0.5) is 0 Å². The van der Waals surface area contributed by atoms with Gasteiger partial charge in [0.1, 0.15) is 30.0 Å². The molecule has 0 saturated carbocycles. The maximum atomic E-state index is 12.4. The monoisotopic (exact) mass is 399 g/mol. The Balaban J connectivity index is 1.14. The number of nitrogens with one attached hydrogen (secondary N) is 1. The molecular formula is C25H21NO4. The van der Waals surface area contributed by atoms with Gasteiger partial charge in [-0.25, -0.2) is 0 Å². The maximum absolute atomic E-state index is 12.4. The molecule has 5 heteroatoms. The van der Waals surface area contributed by atoms with Gasteiger partial charge in [-0.15, -0.1) is 0 Å². The minimum Gasteiger partial charge on any atom is -0.488 e. The third-order valence-electron chi connectivity index (χ3n) is 5.19. The van der Waals surface area contributed by atoms with E-state index in [1.165, 1.54) is 5.56 Å². The molecule has 5 nitrogen and oxygen atoms in total. The van der Waals surface area contributed by atoms with Gasteiger partial charge in [0, 0.05) is 6.42 Å². The quantitative estimate of drug-likeness (QED) is 0.509. The third-order valence-corrected chi connectivity index (χ3v) is 5.19. The smallest absolute Gasteiger partial charge is 0.287 e. The number of hydrogen-bond donors (Lipinski definition) is 1. The van der Waals surface area contributed by atoms with Gasteiger partial charge >= 0.3 is 0 Å². The summed E-state index contributed by atoms with van der Waals surface area (Å²) in [5, 5.41) is 5.16. The van der Waals surface area contributed by atoms with Crippen LogP contribution in [0.1, 0.15) is 21.9 Å². The van der Waals surface area contributed by atoms with Crippen LogP contribution < -0.4 is 14.8 Å². The molecule has 1 amide bonds. The van der Waals surface area contributed by atoms with Crippen molar-refractivity contribution in [2.45, 2.75) is 19.1 Å². The second-order valence-corrected chi connectivity index (χ2v) is 7.33. The molecule has 0 bridgehead atoms. The highest BCUT2D eigenvalue weighted by Gasteiger charge is 2.23. The first-order valence-corrected chi connectivity index (χ1v) is 9.98. The first-order valence-electron chi connectivity index (χ1n) is 9.98. The Morgan fingerprint density at radius 3 is 2.70 bits per heavy atom. The number of rotatable bonds is 6. The summed E-state index contributed by atoms with van der Waals surface area (Å²) in [5.74, 6) is 2.25. The number of ether oxygens (including phenoxy) is 2. The first-order chi connectivity index (χ1) is 14.7. The van der Waals surface area contributed by atoms with Crippen LogP contribution in [0, 0.1) is 0 Å². The molecule has 4 aromatic rings. The predicted molar refractivity (Wildman–Crippen MR) is 114 cm³/mol. The summed E-state index contributed by atoms with van der Waals surface area (Å²) in [6.07, 6.45) is 0.733. The van der Waals surface area contributed by atoms with Crippen LogP contribution in [0.3, 0.4) is 0 Å². The molecule has 1 unspecified atom stereocenters. The Morgan fingerprint density at radius 1 is 0.967 bits per heavy atom. The van der Waals surface area contributed by atoms with Crippen LogP contribution in [-0.4, -0.2) is 18.6 Å². The Morgan fingerprint density at radius 2 is 1.80 bits per heavy atom. The van der Waals surface area contributed by atoms with Crippen molar-refractivity contribution in [2.75, 3.05) is 6.54 Å². The van der Waals surface area contributed by atoms with E-state index in [0.717, 1.165) is 28.7 Å². The number of carbonyl (C=O) groups excluding carboxylic acids is 1. The average molecular weight is 399 g/mol. The molecule has 3 aromatic carbocycles. The lowest BCUT2D eigenvalue weighted by molar-refractivity contribution is 0.0902. The van der Waals surface area contributed by atoms with Crippen LogP contribution >= 0.6 is 0 Å². The lowest BCUT2D eigenvalue weighted by Crippen LogP contribution is -2.34. The van der Waals surface area contributed by atoms with E-state index in [4.69, 9.17) is 13.9 Å². The maximum Gasteiger partial charge on any atom is 0.287 e. The van der Waals surface area contributed by atoms with Crippen molar-refractivity contribution in [1.29, 1.82) is 0 Å². The van der Waals surface area contributed by atoms with Crippen LogP contribution in [0.25, 0.3) is 10.8 Å². The van der Waals surface area contributed by atoms with E-state index in [2.05, 4.69) is 11.4 Å². The van der Waals surface area contributed by atoms with Crippen LogP contribution in [0.5, 0.6) is 11.5 Å². The zero-order valence-electron chi connectivity index (χ0n) is 16.3. The van der Waals surface area contributed by atoms with E-state index in [1.807, 2.05) is 60.7 Å². The molecule has 1 aromatic heterocycles. The molecule has 5 rings (SSSR count). The Kier molecular flexibility index (Phi) is 4.85. The minimum atomic E-state index is -0.258. The van der Waals surface area contributed by atoms with Crippen molar-refractivity contribution in [3.05, 3.63) is 95.9 Å². The first kappa shape index (κ1) is 18.3. The summed E-state index contributed by atoms with van der Waals surface area (Å²) in [7, 11) is 0. The van der Waals surface area contributed by atoms with Gasteiger partial charge < -0.3 is 19.2 Å². The van der Waals surface area contributed by atoms with E-state index in [1.54, 1.807) is 12.1 Å². The zero-order chi connectivity index (χ0) is 20.3. The van der Waals surface area contributed by atoms with Crippen LogP contribution in [0.2, 0.25) is 0 Å². The summed E-state index contributed by atoms with van der Waals surface area (Å²) in [4.78, 5) is 12.4. The lowest BCUT2D eigenvalue weighted by Gasteiger charge is -2.11. The standard InChI is InChI=1S/C25H21NO4/c27-25(26-15-22-14-19-7-3-4-8-23(19)30-22)24-12-11-21(29-24)16-28-20-10-9-17-5-1-2-6-18(17)13-20/h1-13,22H,14-16H2,(H,26,27). The number of furan rings is 1. The normalized spacial score (nSPS) is 14.9. The summed E-state index contributed by atoms with van der Waals surface area (Å²) < 4.78 is 17.3. The molecule has 1 aliphatic heterocycles. The van der Waals surface area contributed by atoms with E-state index in [-0.39, 0.29) is 24.4 Å². The van der Waals surface area contributed by atoms with Gasteiger partial charge in [0.05, 0.1) is 6.54 Å². The minimum absolute atomic E-state index is 0.0583. The summed E-state index contributed by atoms with van der Waals surface area (Å²) in [5.41, 5.74) is 1.17. The molecule has 0 radical (unpaired) electrons. The highest BCUT2D eigenvalue weighted by Crippen LogP contribution is 2.27. The Labute approximate surface area is 174 Å². The molecule has 0 spiro atoms. The van der Waals surface area contributed by atoms with E-state index >= 15 is 0 Å². The molecule has 1 N–H and O–H groups in total. The van der Waals surface area contributed by atoms with Crippen molar-refractivity contribution in [3.63, 3.8) is 0 Å². The van der Waals surface area contributed by atoms with Gasteiger partial charge in [-0.3, -0.25) is 4.79 Å². The van der Waals surface area contributed by atoms with Crippen molar-refractivity contribution in [2.24, 2.45) is 0 Å². The van der Waals surface area contributed by atoms with E-state index in [9.17, 15) is 4.79 Å². The van der Waals surface area contributed by atoms with Crippen molar-refractivity contribution in [1.82, 2.24) is 5.32 Å². The Bertz CT molecular complexity index is 1170. The largest absolute Gasteiger partial charge is 0.488 e. The summed E-state index contributed by atoms with van der Waals surface area (Å²) in [6, 6.07) is 25.4.